The molecule has 2 aliphatic rings. The number of para-hydroxylation sites is 3. The van der Waals surface area contributed by atoms with Gasteiger partial charge in [0.2, 0.25) is 0 Å². The van der Waals surface area contributed by atoms with Crippen LogP contribution >= 0.6 is 0 Å². The van der Waals surface area contributed by atoms with E-state index >= 15 is 0 Å². The van der Waals surface area contributed by atoms with Gasteiger partial charge in [-0.1, -0.05) is 167 Å². The maximum Gasteiger partial charge on any atom is 0.137 e. The summed E-state index contributed by atoms with van der Waals surface area (Å²) in [6, 6.07) is 71.4. The second kappa shape index (κ2) is 13.0. The minimum Gasteiger partial charge on any atom is -0.456 e. The van der Waals surface area contributed by atoms with E-state index in [4.69, 9.17) is 4.42 Å². The first-order valence-corrected chi connectivity index (χ1v) is 22.1. The first-order valence-electron chi connectivity index (χ1n) is 22.1. The molecule has 0 saturated carbocycles. The SMILES string of the molecule is CC1(C)c2ccccc2-c2c(N(c3cccc4c3-c3ccccc3C4(C)C)c3cccc4oc5ccc(-c6cccc7c8ccccc8n(-c8ccccc8)c67)cc5c34)cccc21. The highest BCUT2D eigenvalue weighted by atomic mass is 16.3. The van der Waals surface area contributed by atoms with Crippen molar-refractivity contribution in [1.29, 1.82) is 0 Å². The van der Waals surface area contributed by atoms with E-state index in [2.05, 4.69) is 231 Å². The smallest absolute Gasteiger partial charge is 0.137 e. The molecule has 2 aliphatic carbocycles. The molecule has 0 N–H and O–H groups in total. The molecule has 0 radical (unpaired) electrons. The summed E-state index contributed by atoms with van der Waals surface area (Å²) in [5.74, 6) is 0. The third-order valence-electron chi connectivity index (χ3n) is 14.4. The number of benzene rings is 9. The van der Waals surface area contributed by atoms with Gasteiger partial charge in [-0.05, 0) is 93.5 Å². The highest BCUT2D eigenvalue weighted by Crippen LogP contribution is 2.59. The van der Waals surface area contributed by atoms with Crippen LogP contribution in [0.1, 0.15) is 49.9 Å². The number of anilines is 3. The lowest BCUT2D eigenvalue weighted by atomic mass is 9.82. The largest absolute Gasteiger partial charge is 0.456 e. The molecule has 11 aromatic rings. The van der Waals surface area contributed by atoms with Gasteiger partial charge < -0.3 is 13.9 Å². The van der Waals surface area contributed by atoms with Gasteiger partial charge >= 0.3 is 0 Å². The second-order valence-electron chi connectivity index (χ2n) is 18.4. The van der Waals surface area contributed by atoms with Crippen LogP contribution in [-0.4, -0.2) is 4.57 Å². The average molecular weight is 809 g/mol. The minimum atomic E-state index is -0.159. The second-order valence-corrected chi connectivity index (χ2v) is 18.4. The molecule has 0 aliphatic heterocycles. The number of furan rings is 1. The Morgan fingerprint density at radius 3 is 1.65 bits per heavy atom. The lowest BCUT2D eigenvalue weighted by molar-refractivity contribution is 0.660. The molecular weight excluding hydrogens is 765 g/mol. The van der Waals surface area contributed by atoms with Gasteiger partial charge in [-0.25, -0.2) is 0 Å². The molecule has 3 heteroatoms. The standard InChI is InChI=1S/C60H44N2O/c1-59(2)45-25-11-8-21-42(45)55-47(59)27-15-30-50(55)62(51-31-16-28-48-56(51)43-22-9-12-26-46(43)60(48,3)4)52-32-17-33-54-57(52)44-36-37(34-35-53(44)63-54)39-23-14-24-41-40-20-10-13-29-49(40)61(58(39)41)38-18-6-5-7-19-38/h5-36H,1-4H3. The molecule has 0 amide bonds. The molecule has 0 unspecified atom stereocenters. The van der Waals surface area contributed by atoms with Gasteiger partial charge in [0.25, 0.3) is 0 Å². The predicted octanol–water partition coefficient (Wildman–Crippen LogP) is 16.4. The average Bonchev–Trinajstić information content (AvgIpc) is 4.01. The molecule has 0 bridgehead atoms. The number of hydrogen-bond acceptors (Lipinski definition) is 2. The number of fused-ring (bicyclic) bond motifs is 12. The molecule has 13 rings (SSSR count). The van der Waals surface area contributed by atoms with Crippen molar-refractivity contribution in [3.05, 3.63) is 216 Å². The van der Waals surface area contributed by atoms with Crippen LogP contribution in [0.25, 0.3) is 82.8 Å². The van der Waals surface area contributed by atoms with E-state index in [1.807, 2.05) is 0 Å². The molecule has 3 nitrogen and oxygen atoms in total. The summed E-state index contributed by atoms with van der Waals surface area (Å²) in [5, 5.41) is 4.66. The van der Waals surface area contributed by atoms with E-state index in [1.54, 1.807) is 0 Å². The first kappa shape index (κ1) is 36.1. The Labute approximate surface area is 367 Å². The highest BCUT2D eigenvalue weighted by molar-refractivity contribution is 6.18. The molecular formula is C60H44N2O. The van der Waals surface area contributed by atoms with Crippen LogP contribution in [0.2, 0.25) is 0 Å². The van der Waals surface area contributed by atoms with Gasteiger partial charge in [0.05, 0.1) is 33.5 Å². The van der Waals surface area contributed by atoms with E-state index in [0.29, 0.717) is 0 Å². The third kappa shape index (κ3) is 4.91. The normalized spacial score (nSPS) is 14.3. The monoisotopic (exact) mass is 808 g/mol. The van der Waals surface area contributed by atoms with Crippen molar-refractivity contribution in [2.75, 3.05) is 4.90 Å². The molecule has 0 fully saturated rings. The van der Waals surface area contributed by atoms with Crippen LogP contribution in [0.4, 0.5) is 17.1 Å². The topological polar surface area (TPSA) is 21.3 Å². The van der Waals surface area contributed by atoms with E-state index in [0.717, 1.165) is 50.3 Å². The Kier molecular flexibility index (Phi) is 7.42. The van der Waals surface area contributed by atoms with Gasteiger partial charge in [0, 0.05) is 49.4 Å². The summed E-state index contributed by atoms with van der Waals surface area (Å²) in [4.78, 5) is 2.56. The number of hydrogen-bond donors (Lipinski definition) is 0. The summed E-state index contributed by atoms with van der Waals surface area (Å²) < 4.78 is 9.29. The lowest BCUT2D eigenvalue weighted by Gasteiger charge is -2.31. The molecule has 0 spiro atoms. The fraction of sp³-hybridized carbons (Fsp3) is 0.100. The zero-order valence-corrected chi connectivity index (χ0v) is 35.8. The molecule has 9 aromatic carbocycles. The number of rotatable bonds is 5. The third-order valence-corrected chi connectivity index (χ3v) is 14.4. The van der Waals surface area contributed by atoms with Crippen molar-refractivity contribution in [3.8, 4) is 39.1 Å². The molecule has 2 aromatic heterocycles. The lowest BCUT2D eigenvalue weighted by Crippen LogP contribution is -2.17. The maximum absolute atomic E-state index is 6.87. The number of nitrogens with zero attached hydrogens (tertiary/aromatic N) is 2. The van der Waals surface area contributed by atoms with E-state index in [9.17, 15) is 0 Å². The van der Waals surface area contributed by atoms with Crippen molar-refractivity contribution in [3.63, 3.8) is 0 Å². The van der Waals surface area contributed by atoms with Gasteiger partial charge in [-0.3, -0.25) is 0 Å². The molecule has 63 heavy (non-hydrogen) atoms. The van der Waals surface area contributed by atoms with Crippen molar-refractivity contribution in [1.82, 2.24) is 4.57 Å². The van der Waals surface area contributed by atoms with Gasteiger partial charge in [-0.2, -0.15) is 0 Å². The predicted molar refractivity (Wildman–Crippen MR) is 263 cm³/mol. The van der Waals surface area contributed by atoms with Crippen molar-refractivity contribution in [2.24, 2.45) is 0 Å². The molecule has 0 atom stereocenters. The van der Waals surface area contributed by atoms with Gasteiger partial charge in [-0.15, -0.1) is 0 Å². The van der Waals surface area contributed by atoms with Crippen molar-refractivity contribution < 1.29 is 4.42 Å². The van der Waals surface area contributed by atoms with Crippen LogP contribution < -0.4 is 4.90 Å². The highest BCUT2D eigenvalue weighted by Gasteiger charge is 2.41. The van der Waals surface area contributed by atoms with Gasteiger partial charge in [0.1, 0.15) is 11.2 Å². The van der Waals surface area contributed by atoms with Crippen molar-refractivity contribution in [2.45, 2.75) is 38.5 Å². The van der Waals surface area contributed by atoms with E-state index in [-0.39, 0.29) is 10.8 Å². The molecule has 300 valence electrons. The van der Waals surface area contributed by atoms with E-state index < -0.39 is 0 Å². The van der Waals surface area contributed by atoms with Crippen molar-refractivity contribution >= 4 is 60.8 Å². The van der Waals surface area contributed by atoms with Crippen LogP contribution in [0.5, 0.6) is 0 Å². The Morgan fingerprint density at radius 1 is 0.413 bits per heavy atom. The van der Waals surface area contributed by atoms with E-state index in [1.165, 1.54) is 71.9 Å². The van der Waals surface area contributed by atoms with Crippen LogP contribution in [0, 0.1) is 0 Å². The minimum absolute atomic E-state index is 0.159. The quantitative estimate of drug-likeness (QED) is 0.173. The van der Waals surface area contributed by atoms with Crippen LogP contribution in [0.3, 0.4) is 0 Å². The Hall–Kier alpha value is -7.62. The summed E-state index contributed by atoms with van der Waals surface area (Å²) in [5.41, 5.74) is 21.2. The van der Waals surface area contributed by atoms with Crippen LogP contribution in [0.15, 0.2) is 199 Å². The summed E-state index contributed by atoms with van der Waals surface area (Å²) in [6.07, 6.45) is 0. The number of aromatic nitrogens is 1. The van der Waals surface area contributed by atoms with Crippen LogP contribution in [-0.2, 0) is 10.8 Å². The maximum atomic E-state index is 6.87. The van der Waals surface area contributed by atoms with Gasteiger partial charge in [0.15, 0.2) is 0 Å². The molecule has 2 heterocycles. The fourth-order valence-corrected chi connectivity index (χ4v) is 11.5. The zero-order valence-electron chi connectivity index (χ0n) is 35.8. The zero-order chi connectivity index (χ0) is 42.2. The summed E-state index contributed by atoms with van der Waals surface area (Å²) in [6.45, 7) is 9.48. The molecule has 0 saturated heterocycles. The first-order chi connectivity index (χ1) is 30.8. The summed E-state index contributed by atoms with van der Waals surface area (Å²) in [7, 11) is 0. The Balaban J connectivity index is 1.12. The Bertz CT molecular complexity index is 3590. The fourth-order valence-electron chi connectivity index (χ4n) is 11.5. The Morgan fingerprint density at radius 2 is 0.952 bits per heavy atom. The summed E-state index contributed by atoms with van der Waals surface area (Å²) >= 11 is 0.